The zero-order chi connectivity index (χ0) is 17.7. The molecule has 2 aromatic carbocycles. The van der Waals surface area contributed by atoms with Crippen molar-refractivity contribution in [2.24, 2.45) is 0 Å². The van der Waals surface area contributed by atoms with Gasteiger partial charge in [-0.25, -0.2) is 0 Å². The monoisotopic (exact) mass is 323 g/mol. The standard InChI is InChI=1S/C21H25NO2/c1-15-14-18(24-5)11-12-19(15)22-20(23)13-8-16-6-9-17(10-7-16)21(2,3)4/h6-14H,1-5H3,(H,22,23)/b13-8+. The Morgan fingerprint density at radius 2 is 1.75 bits per heavy atom. The number of anilines is 1. The van der Waals surface area contributed by atoms with Crippen LogP contribution in [0.2, 0.25) is 0 Å². The lowest BCUT2D eigenvalue weighted by Crippen LogP contribution is -2.10. The predicted molar refractivity (Wildman–Crippen MR) is 101 cm³/mol. The molecule has 0 radical (unpaired) electrons. The Morgan fingerprint density at radius 3 is 2.29 bits per heavy atom. The summed E-state index contributed by atoms with van der Waals surface area (Å²) in [6, 6.07) is 13.8. The number of hydrogen-bond acceptors (Lipinski definition) is 2. The van der Waals surface area contributed by atoms with Crippen molar-refractivity contribution in [1.82, 2.24) is 0 Å². The summed E-state index contributed by atoms with van der Waals surface area (Å²) in [5.41, 5.74) is 4.16. The van der Waals surface area contributed by atoms with Gasteiger partial charge in [-0.3, -0.25) is 4.79 Å². The molecule has 3 nitrogen and oxygen atoms in total. The molecule has 3 heteroatoms. The summed E-state index contributed by atoms with van der Waals surface area (Å²) in [7, 11) is 1.63. The highest BCUT2D eigenvalue weighted by Crippen LogP contribution is 2.23. The molecule has 0 bridgehead atoms. The summed E-state index contributed by atoms with van der Waals surface area (Å²) in [6.45, 7) is 8.49. The molecule has 126 valence electrons. The maximum Gasteiger partial charge on any atom is 0.248 e. The molecule has 1 amide bonds. The van der Waals surface area contributed by atoms with Gasteiger partial charge in [0.25, 0.3) is 0 Å². The van der Waals surface area contributed by atoms with Crippen LogP contribution in [0.1, 0.15) is 37.5 Å². The van der Waals surface area contributed by atoms with Gasteiger partial charge in [-0.1, -0.05) is 45.0 Å². The smallest absolute Gasteiger partial charge is 0.248 e. The van der Waals surface area contributed by atoms with E-state index in [-0.39, 0.29) is 11.3 Å². The van der Waals surface area contributed by atoms with E-state index in [0.717, 1.165) is 22.6 Å². The maximum atomic E-state index is 12.1. The molecule has 0 aliphatic heterocycles. The number of amides is 1. The fraction of sp³-hybridized carbons (Fsp3) is 0.286. The van der Waals surface area contributed by atoms with Crippen molar-refractivity contribution in [3.05, 3.63) is 65.2 Å². The lowest BCUT2D eigenvalue weighted by molar-refractivity contribution is -0.111. The first kappa shape index (κ1) is 17.8. The number of methoxy groups -OCH3 is 1. The van der Waals surface area contributed by atoms with Crippen molar-refractivity contribution in [2.75, 3.05) is 12.4 Å². The number of ether oxygens (including phenoxy) is 1. The minimum atomic E-state index is -0.150. The highest BCUT2D eigenvalue weighted by Gasteiger charge is 2.12. The third kappa shape index (κ3) is 4.72. The summed E-state index contributed by atoms with van der Waals surface area (Å²) in [6.07, 6.45) is 3.37. The Balaban J connectivity index is 2.03. The van der Waals surface area contributed by atoms with Crippen LogP contribution in [0.25, 0.3) is 6.08 Å². The van der Waals surface area contributed by atoms with Crippen LogP contribution in [0.4, 0.5) is 5.69 Å². The third-order valence-electron chi connectivity index (χ3n) is 3.90. The van der Waals surface area contributed by atoms with Crippen LogP contribution in [0.15, 0.2) is 48.5 Å². The average Bonchev–Trinajstić information content (AvgIpc) is 2.54. The quantitative estimate of drug-likeness (QED) is 0.808. The van der Waals surface area contributed by atoms with Gasteiger partial charge in [0.2, 0.25) is 5.91 Å². The summed E-state index contributed by atoms with van der Waals surface area (Å²) in [5, 5.41) is 2.89. The van der Waals surface area contributed by atoms with Crippen molar-refractivity contribution >= 4 is 17.7 Å². The first-order valence-electron chi connectivity index (χ1n) is 8.04. The molecular formula is C21H25NO2. The fourth-order valence-corrected chi connectivity index (χ4v) is 2.34. The molecule has 0 heterocycles. The highest BCUT2D eigenvalue weighted by atomic mass is 16.5. The number of aryl methyl sites for hydroxylation is 1. The minimum absolute atomic E-state index is 0.130. The van der Waals surface area contributed by atoms with Gasteiger partial charge < -0.3 is 10.1 Å². The maximum absolute atomic E-state index is 12.1. The van der Waals surface area contributed by atoms with Crippen molar-refractivity contribution in [2.45, 2.75) is 33.1 Å². The van der Waals surface area contributed by atoms with Crippen LogP contribution < -0.4 is 10.1 Å². The summed E-state index contributed by atoms with van der Waals surface area (Å²) < 4.78 is 5.17. The predicted octanol–water partition coefficient (Wildman–Crippen LogP) is 4.95. The molecule has 0 saturated carbocycles. The topological polar surface area (TPSA) is 38.3 Å². The Morgan fingerprint density at radius 1 is 1.08 bits per heavy atom. The van der Waals surface area contributed by atoms with Gasteiger partial charge in [0, 0.05) is 11.8 Å². The van der Waals surface area contributed by atoms with Gasteiger partial charge >= 0.3 is 0 Å². The number of hydrogen-bond donors (Lipinski definition) is 1. The fourth-order valence-electron chi connectivity index (χ4n) is 2.34. The van der Waals surface area contributed by atoms with Crippen molar-refractivity contribution in [3.8, 4) is 5.75 Å². The second-order valence-electron chi connectivity index (χ2n) is 6.88. The summed E-state index contributed by atoms with van der Waals surface area (Å²) >= 11 is 0. The number of benzene rings is 2. The van der Waals surface area contributed by atoms with Crippen molar-refractivity contribution in [1.29, 1.82) is 0 Å². The largest absolute Gasteiger partial charge is 0.497 e. The van der Waals surface area contributed by atoms with Crippen LogP contribution in [-0.4, -0.2) is 13.0 Å². The second-order valence-corrected chi connectivity index (χ2v) is 6.88. The summed E-state index contributed by atoms with van der Waals surface area (Å²) in [5.74, 6) is 0.628. The molecule has 0 unspecified atom stereocenters. The van der Waals surface area contributed by atoms with Gasteiger partial charge in [0.1, 0.15) is 5.75 Å². The van der Waals surface area contributed by atoms with Gasteiger partial charge in [0.15, 0.2) is 0 Å². The molecule has 0 aromatic heterocycles. The Hall–Kier alpha value is -2.55. The molecule has 0 aliphatic rings. The Kier molecular flexibility index (Phi) is 5.45. The minimum Gasteiger partial charge on any atom is -0.497 e. The van der Waals surface area contributed by atoms with E-state index in [2.05, 4.69) is 38.2 Å². The van der Waals surface area contributed by atoms with Gasteiger partial charge in [-0.2, -0.15) is 0 Å². The van der Waals surface area contributed by atoms with Crippen LogP contribution >= 0.6 is 0 Å². The first-order chi connectivity index (χ1) is 11.3. The molecule has 0 spiro atoms. The first-order valence-corrected chi connectivity index (χ1v) is 8.04. The number of rotatable bonds is 4. The Bertz CT molecular complexity index is 737. The third-order valence-corrected chi connectivity index (χ3v) is 3.90. The second kappa shape index (κ2) is 7.35. The summed E-state index contributed by atoms with van der Waals surface area (Å²) in [4.78, 5) is 12.1. The lowest BCUT2D eigenvalue weighted by Gasteiger charge is -2.18. The molecular weight excluding hydrogens is 298 g/mol. The van der Waals surface area contributed by atoms with E-state index >= 15 is 0 Å². The van der Waals surface area contributed by atoms with Crippen LogP contribution in [-0.2, 0) is 10.2 Å². The molecule has 2 aromatic rings. The van der Waals surface area contributed by atoms with E-state index in [1.807, 2.05) is 43.3 Å². The normalized spacial score (nSPS) is 11.5. The van der Waals surface area contributed by atoms with E-state index in [4.69, 9.17) is 4.74 Å². The van der Waals surface area contributed by atoms with Crippen molar-refractivity contribution in [3.63, 3.8) is 0 Å². The van der Waals surface area contributed by atoms with Gasteiger partial charge in [-0.05, 0) is 53.3 Å². The van der Waals surface area contributed by atoms with E-state index in [0.29, 0.717) is 0 Å². The van der Waals surface area contributed by atoms with Gasteiger partial charge in [0.05, 0.1) is 7.11 Å². The lowest BCUT2D eigenvalue weighted by atomic mass is 9.87. The molecule has 24 heavy (non-hydrogen) atoms. The van der Waals surface area contributed by atoms with E-state index in [1.165, 1.54) is 5.56 Å². The molecule has 1 N–H and O–H groups in total. The van der Waals surface area contributed by atoms with Crippen LogP contribution in [0.5, 0.6) is 5.75 Å². The SMILES string of the molecule is COc1ccc(NC(=O)/C=C/c2ccc(C(C)(C)C)cc2)c(C)c1. The molecule has 0 atom stereocenters. The average molecular weight is 323 g/mol. The molecule has 0 fully saturated rings. The number of nitrogens with one attached hydrogen (secondary N) is 1. The molecule has 2 rings (SSSR count). The van der Waals surface area contributed by atoms with Crippen molar-refractivity contribution < 1.29 is 9.53 Å². The van der Waals surface area contributed by atoms with Crippen LogP contribution in [0.3, 0.4) is 0 Å². The zero-order valence-electron chi connectivity index (χ0n) is 15.0. The van der Waals surface area contributed by atoms with E-state index in [1.54, 1.807) is 13.2 Å². The van der Waals surface area contributed by atoms with E-state index < -0.39 is 0 Å². The van der Waals surface area contributed by atoms with Gasteiger partial charge in [-0.15, -0.1) is 0 Å². The molecule has 0 saturated heterocycles. The zero-order valence-corrected chi connectivity index (χ0v) is 15.0. The number of carbonyl (C=O) groups excluding carboxylic acids is 1. The molecule has 0 aliphatic carbocycles. The van der Waals surface area contributed by atoms with E-state index in [9.17, 15) is 4.79 Å². The number of carbonyl (C=O) groups is 1. The van der Waals surface area contributed by atoms with Crippen LogP contribution in [0, 0.1) is 6.92 Å². The Labute approximate surface area is 144 Å². The highest BCUT2D eigenvalue weighted by molar-refractivity contribution is 6.02.